The summed E-state index contributed by atoms with van der Waals surface area (Å²) in [7, 11) is 0. The molecule has 1 unspecified atom stereocenters. The average Bonchev–Trinajstić information content (AvgIpc) is 2.82. The molecule has 0 saturated carbocycles. The highest BCUT2D eigenvalue weighted by atomic mass is 32.2. The summed E-state index contributed by atoms with van der Waals surface area (Å²) in [6.45, 7) is 9.28. The second-order valence-corrected chi connectivity index (χ2v) is 7.42. The third kappa shape index (κ3) is 3.53. The van der Waals surface area contributed by atoms with Gasteiger partial charge in [0.2, 0.25) is 0 Å². The fourth-order valence-electron chi connectivity index (χ4n) is 2.03. The van der Waals surface area contributed by atoms with Crippen LogP contribution in [0.3, 0.4) is 0 Å². The van der Waals surface area contributed by atoms with Crippen molar-refractivity contribution >= 4 is 23.4 Å². The Hall–Kier alpha value is -0.970. The summed E-state index contributed by atoms with van der Waals surface area (Å²) in [4.78, 5) is 9.06. The van der Waals surface area contributed by atoms with Crippen molar-refractivity contribution in [1.29, 1.82) is 0 Å². The second-order valence-electron chi connectivity index (χ2n) is 6.27. The molecule has 2 rings (SSSR count). The summed E-state index contributed by atoms with van der Waals surface area (Å²) >= 11 is 2.03. The zero-order chi connectivity index (χ0) is 14.0. The second kappa shape index (κ2) is 5.57. The molecule has 1 aliphatic heterocycles. The summed E-state index contributed by atoms with van der Waals surface area (Å²) in [6.07, 6.45) is 1.30. The smallest absolute Gasteiger partial charge is 0.138 e. The number of hydrogen-bond acceptors (Lipinski definition) is 5. The molecule has 4 nitrogen and oxygen atoms in total. The van der Waals surface area contributed by atoms with Gasteiger partial charge in [-0.2, -0.15) is 11.8 Å². The van der Waals surface area contributed by atoms with Crippen molar-refractivity contribution in [2.24, 2.45) is 5.92 Å². The van der Waals surface area contributed by atoms with Gasteiger partial charge in [-0.05, 0) is 30.8 Å². The van der Waals surface area contributed by atoms with Crippen LogP contribution in [0.2, 0.25) is 0 Å². The number of nitrogens with two attached hydrogens (primary N) is 1. The van der Waals surface area contributed by atoms with E-state index in [1.165, 1.54) is 17.9 Å². The molecule has 19 heavy (non-hydrogen) atoms. The van der Waals surface area contributed by atoms with Crippen LogP contribution in [-0.2, 0) is 5.41 Å². The lowest BCUT2D eigenvalue weighted by Gasteiger charge is -2.20. The number of nitrogens with one attached hydrogen (secondary N) is 1. The SMILES string of the molecule is Cc1c(N)nc(C(C)(C)C)nc1NCC1CCSC1. The average molecular weight is 280 g/mol. The van der Waals surface area contributed by atoms with Gasteiger partial charge in [0.25, 0.3) is 0 Å². The Kier molecular flexibility index (Phi) is 4.23. The maximum absolute atomic E-state index is 6.01. The lowest BCUT2D eigenvalue weighted by atomic mass is 9.95. The van der Waals surface area contributed by atoms with Gasteiger partial charge in [-0.25, -0.2) is 9.97 Å². The quantitative estimate of drug-likeness (QED) is 0.891. The van der Waals surface area contributed by atoms with E-state index in [9.17, 15) is 0 Å². The number of hydrogen-bond donors (Lipinski definition) is 2. The number of anilines is 2. The number of aromatic nitrogens is 2. The van der Waals surface area contributed by atoms with Crippen molar-refractivity contribution in [2.45, 2.75) is 39.5 Å². The molecule has 3 N–H and O–H groups in total. The zero-order valence-corrected chi connectivity index (χ0v) is 13.1. The minimum absolute atomic E-state index is 0.0819. The number of nitrogen functional groups attached to an aromatic ring is 1. The molecule has 0 radical (unpaired) electrons. The third-order valence-corrected chi connectivity index (χ3v) is 4.67. The van der Waals surface area contributed by atoms with Gasteiger partial charge in [0.05, 0.1) is 0 Å². The van der Waals surface area contributed by atoms with Gasteiger partial charge >= 0.3 is 0 Å². The van der Waals surface area contributed by atoms with Crippen LogP contribution in [0.25, 0.3) is 0 Å². The van der Waals surface area contributed by atoms with Gasteiger partial charge in [-0.15, -0.1) is 0 Å². The Balaban J connectivity index is 2.16. The molecule has 0 amide bonds. The van der Waals surface area contributed by atoms with Gasteiger partial charge < -0.3 is 11.1 Å². The molecule has 0 aromatic carbocycles. The molecule has 106 valence electrons. The molecule has 0 spiro atoms. The van der Waals surface area contributed by atoms with Crippen LogP contribution in [0.15, 0.2) is 0 Å². The van der Waals surface area contributed by atoms with Crippen LogP contribution in [0.4, 0.5) is 11.6 Å². The lowest BCUT2D eigenvalue weighted by Crippen LogP contribution is -2.21. The summed E-state index contributed by atoms with van der Waals surface area (Å²) in [5.74, 6) is 5.57. The normalized spacial score (nSPS) is 19.7. The first-order chi connectivity index (χ1) is 8.88. The molecule has 1 aromatic heterocycles. The molecular weight excluding hydrogens is 256 g/mol. The molecule has 1 fully saturated rings. The van der Waals surface area contributed by atoms with Gasteiger partial charge in [0.1, 0.15) is 17.5 Å². The Bertz CT molecular complexity index is 447. The third-order valence-electron chi connectivity index (χ3n) is 3.44. The zero-order valence-electron chi connectivity index (χ0n) is 12.3. The van der Waals surface area contributed by atoms with Crippen LogP contribution in [0.1, 0.15) is 38.6 Å². The van der Waals surface area contributed by atoms with E-state index in [4.69, 9.17) is 5.73 Å². The monoisotopic (exact) mass is 280 g/mol. The number of nitrogens with zero attached hydrogens (tertiary/aromatic N) is 2. The van der Waals surface area contributed by atoms with Crippen LogP contribution in [-0.4, -0.2) is 28.0 Å². The van der Waals surface area contributed by atoms with E-state index >= 15 is 0 Å². The van der Waals surface area contributed by atoms with Crippen molar-refractivity contribution in [2.75, 3.05) is 29.1 Å². The van der Waals surface area contributed by atoms with Crippen molar-refractivity contribution in [3.63, 3.8) is 0 Å². The highest BCUT2D eigenvalue weighted by molar-refractivity contribution is 7.99. The van der Waals surface area contributed by atoms with Gasteiger partial charge in [0.15, 0.2) is 0 Å². The topological polar surface area (TPSA) is 63.8 Å². The molecule has 0 aliphatic carbocycles. The number of rotatable bonds is 3. The van der Waals surface area contributed by atoms with E-state index in [2.05, 4.69) is 36.1 Å². The minimum Gasteiger partial charge on any atom is -0.383 e. The van der Waals surface area contributed by atoms with Crippen LogP contribution >= 0.6 is 11.8 Å². The largest absolute Gasteiger partial charge is 0.383 e. The fraction of sp³-hybridized carbons (Fsp3) is 0.714. The van der Waals surface area contributed by atoms with Crippen molar-refractivity contribution in [3.05, 3.63) is 11.4 Å². The molecule has 0 bridgehead atoms. The fourth-order valence-corrected chi connectivity index (χ4v) is 3.31. The molecule has 1 atom stereocenters. The molecule has 5 heteroatoms. The molecule has 2 heterocycles. The molecule has 1 aromatic rings. The molecular formula is C14H24N4S. The number of thioether (sulfide) groups is 1. The Labute approximate surface area is 120 Å². The highest BCUT2D eigenvalue weighted by Crippen LogP contribution is 2.27. The van der Waals surface area contributed by atoms with Crippen molar-refractivity contribution in [3.8, 4) is 0 Å². The van der Waals surface area contributed by atoms with E-state index in [0.29, 0.717) is 5.82 Å². The van der Waals surface area contributed by atoms with E-state index in [1.54, 1.807) is 0 Å². The van der Waals surface area contributed by atoms with E-state index < -0.39 is 0 Å². The first-order valence-electron chi connectivity index (χ1n) is 6.84. The first-order valence-corrected chi connectivity index (χ1v) is 7.99. The Morgan fingerprint density at radius 3 is 2.68 bits per heavy atom. The van der Waals surface area contributed by atoms with Crippen LogP contribution < -0.4 is 11.1 Å². The summed E-state index contributed by atoms with van der Waals surface area (Å²) in [5, 5.41) is 3.46. The lowest BCUT2D eigenvalue weighted by molar-refractivity contribution is 0.545. The summed E-state index contributed by atoms with van der Waals surface area (Å²) in [6, 6.07) is 0. The van der Waals surface area contributed by atoms with Gasteiger partial charge in [-0.3, -0.25) is 0 Å². The van der Waals surface area contributed by atoms with Crippen molar-refractivity contribution in [1.82, 2.24) is 9.97 Å². The van der Waals surface area contributed by atoms with Crippen LogP contribution in [0.5, 0.6) is 0 Å². The van der Waals surface area contributed by atoms with E-state index in [-0.39, 0.29) is 5.41 Å². The maximum Gasteiger partial charge on any atom is 0.138 e. The Morgan fingerprint density at radius 1 is 1.37 bits per heavy atom. The minimum atomic E-state index is -0.0819. The predicted octanol–water partition coefficient (Wildman–Crippen LogP) is 2.83. The van der Waals surface area contributed by atoms with E-state index in [1.807, 2.05) is 18.7 Å². The van der Waals surface area contributed by atoms with Gasteiger partial charge in [0, 0.05) is 17.5 Å². The summed E-state index contributed by atoms with van der Waals surface area (Å²) in [5.41, 5.74) is 6.88. The Morgan fingerprint density at radius 2 is 2.11 bits per heavy atom. The molecule has 1 aliphatic rings. The summed E-state index contributed by atoms with van der Waals surface area (Å²) < 4.78 is 0. The van der Waals surface area contributed by atoms with Gasteiger partial charge in [-0.1, -0.05) is 20.8 Å². The standard InChI is InChI=1S/C14H24N4S/c1-9-11(15)17-13(14(2,3)4)18-12(9)16-7-10-5-6-19-8-10/h10H,5-8H2,1-4H3,(H3,15,16,17,18). The highest BCUT2D eigenvalue weighted by Gasteiger charge is 2.21. The predicted molar refractivity (Wildman–Crippen MR) is 83.8 cm³/mol. The maximum atomic E-state index is 6.01. The van der Waals surface area contributed by atoms with Crippen LogP contribution in [0, 0.1) is 12.8 Å². The van der Waals surface area contributed by atoms with E-state index in [0.717, 1.165) is 29.7 Å². The first kappa shape index (κ1) is 14.4. The van der Waals surface area contributed by atoms with Crippen molar-refractivity contribution < 1.29 is 0 Å². The molecule has 1 saturated heterocycles.